The summed E-state index contributed by atoms with van der Waals surface area (Å²) in [6.45, 7) is 3.80. The fraction of sp³-hybridized carbons (Fsp3) is 0.471. The summed E-state index contributed by atoms with van der Waals surface area (Å²) < 4.78 is 5.57. The van der Waals surface area contributed by atoms with Crippen molar-refractivity contribution in [2.75, 3.05) is 26.2 Å². The molecule has 116 valence electrons. The van der Waals surface area contributed by atoms with E-state index in [1.807, 2.05) is 18.2 Å². The number of nitrogens with zero attached hydrogens (tertiary/aromatic N) is 1. The Morgan fingerprint density at radius 2 is 2.27 bits per heavy atom. The minimum absolute atomic E-state index is 0.0235. The second-order valence-corrected chi connectivity index (χ2v) is 6.80. The van der Waals surface area contributed by atoms with Gasteiger partial charge >= 0.3 is 0 Å². The number of hydrogen-bond acceptors (Lipinski definition) is 3. The van der Waals surface area contributed by atoms with Crippen molar-refractivity contribution in [3.63, 3.8) is 0 Å². The van der Waals surface area contributed by atoms with Gasteiger partial charge in [-0.25, -0.2) is 0 Å². The number of carbonyl (C=O) groups is 1. The Kier molecular flexibility index (Phi) is 3.59. The van der Waals surface area contributed by atoms with Gasteiger partial charge in [0.25, 0.3) is 5.91 Å². The summed E-state index contributed by atoms with van der Waals surface area (Å²) in [5, 5.41) is 3.86. The first-order chi connectivity index (χ1) is 10.7. The zero-order valence-electron chi connectivity index (χ0n) is 12.3. The van der Waals surface area contributed by atoms with Crippen LogP contribution in [0, 0.1) is 5.92 Å². The van der Waals surface area contributed by atoms with E-state index in [4.69, 9.17) is 16.3 Å². The van der Waals surface area contributed by atoms with E-state index in [9.17, 15) is 4.79 Å². The fourth-order valence-electron chi connectivity index (χ4n) is 3.73. The lowest BCUT2D eigenvalue weighted by atomic mass is 9.96. The van der Waals surface area contributed by atoms with Crippen LogP contribution in [0.3, 0.4) is 0 Å². The molecule has 0 aromatic heterocycles. The van der Waals surface area contributed by atoms with Gasteiger partial charge in [-0.2, -0.15) is 0 Å². The second kappa shape index (κ2) is 5.60. The van der Waals surface area contributed by atoms with E-state index in [1.165, 1.54) is 19.5 Å². The van der Waals surface area contributed by atoms with Gasteiger partial charge in [0, 0.05) is 30.3 Å². The molecule has 0 radical (unpaired) electrons. The van der Waals surface area contributed by atoms with Gasteiger partial charge in [-0.3, -0.25) is 4.79 Å². The van der Waals surface area contributed by atoms with E-state index in [2.05, 4.69) is 10.2 Å². The van der Waals surface area contributed by atoms with Crippen LogP contribution in [0.2, 0.25) is 0 Å². The highest BCUT2D eigenvalue weighted by Gasteiger charge is 2.33. The first kappa shape index (κ1) is 14.1. The molecule has 0 saturated carbocycles. The minimum Gasteiger partial charge on any atom is -0.489 e. The van der Waals surface area contributed by atoms with Crippen molar-refractivity contribution < 1.29 is 9.53 Å². The Balaban J connectivity index is 1.48. The second-order valence-electron chi connectivity index (χ2n) is 6.39. The molecule has 2 bridgehead atoms. The summed E-state index contributed by atoms with van der Waals surface area (Å²) in [6, 6.07) is 5.72. The van der Waals surface area contributed by atoms with Crippen molar-refractivity contribution in [1.82, 2.24) is 10.2 Å². The van der Waals surface area contributed by atoms with E-state index < -0.39 is 0 Å². The first-order valence-electron chi connectivity index (χ1n) is 7.85. The maximum atomic E-state index is 12.5. The van der Waals surface area contributed by atoms with Crippen LogP contribution in [0.5, 0.6) is 5.75 Å². The third kappa shape index (κ3) is 2.61. The molecule has 1 amide bonds. The van der Waals surface area contributed by atoms with Gasteiger partial charge in [0.05, 0.1) is 5.03 Å². The molecule has 3 heterocycles. The summed E-state index contributed by atoms with van der Waals surface area (Å²) in [5.41, 5.74) is 1.49. The molecule has 4 rings (SSSR count). The number of amides is 1. The summed E-state index contributed by atoms with van der Waals surface area (Å²) in [4.78, 5) is 14.9. The Morgan fingerprint density at radius 1 is 1.36 bits per heavy atom. The number of rotatable bonds is 2. The van der Waals surface area contributed by atoms with E-state index in [0.717, 1.165) is 24.4 Å². The van der Waals surface area contributed by atoms with Gasteiger partial charge < -0.3 is 15.0 Å². The molecule has 22 heavy (non-hydrogen) atoms. The predicted molar refractivity (Wildman–Crippen MR) is 86.2 cm³/mol. The molecular weight excluding hydrogens is 300 g/mol. The van der Waals surface area contributed by atoms with Crippen LogP contribution >= 0.6 is 11.6 Å². The normalized spacial score (nSPS) is 29.3. The third-order valence-corrected chi connectivity index (χ3v) is 5.16. The predicted octanol–water partition coefficient (Wildman–Crippen LogP) is 2.48. The molecule has 3 aliphatic rings. The molecule has 5 heteroatoms. The lowest BCUT2D eigenvalue weighted by Gasteiger charge is -2.30. The quantitative estimate of drug-likeness (QED) is 0.911. The smallest absolute Gasteiger partial charge is 0.251 e. The molecular formula is C17H19ClN2O2. The molecule has 0 spiro atoms. The first-order valence-corrected chi connectivity index (χ1v) is 8.23. The standard InChI is InChI=1S/C17H19ClN2O2/c18-15-4-6-22-16-8-12(1-2-14(15)16)17(21)19-13-7-11-3-5-20(9-11)10-13/h1-2,4,8,11,13H,3,5-7,9-10H2,(H,19,21)/t11-,13-/m1/s1. The lowest BCUT2D eigenvalue weighted by molar-refractivity contribution is 0.0909. The van der Waals surface area contributed by atoms with E-state index in [1.54, 1.807) is 6.07 Å². The number of benzene rings is 1. The van der Waals surface area contributed by atoms with Crippen LogP contribution in [-0.4, -0.2) is 43.1 Å². The molecule has 2 saturated heterocycles. The Labute approximate surface area is 135 Å². The number of nitrogens with one attached hydrogen (secondary N) is 1. The maximum absolute atomic E-state index is 12.5. The highest BCUT2D eigenvalue weighted by molar-refractivity contribution is 6.49. The number of piperidine rings is 1. The van der Waals surface area contributed by atoms with Crippen LogP contribution in [0.1, 0.15) is 28.8 Å². The van der Waals surface area contributed by atoms with Crippen LogP contribution in [0.15, 0.2) is 24.3 Å². The van der Waals surface area contributed by atoms with Crippen LogP contribution in [-0.2, 0) is 0 Å². The topological polar surface area (TPSA) is 41.6 Å². The summed E-state index contributed by atoms with van der Waals surface area (Å²) in [6.07, 6.45) is 4.19. The minimum atomic E-state index is -0.0235. The van der Waals surface area contributed by atoms with Crippen molar-refractivity contribution in [2.45, 2.75) is 18.9 Å². The summed E-state index contributed by atoms with van der Waals surface area (Å²) in [7, 11) is 0. The molecule has 1 N–H and O–H groups in total. The van der Waals surface area contributed by atoms with Gasteiger partial charge in [-0.1, -0.05) is 11.6 Å². The molecule has 3 aliphatic heterocycles. The van der Waals surface area contributed by atoms with Gasteiger partial charge in [0.15, 0.2) is 0 Å². The Morgan fingerprint density at radius 3 is 3.14 bits per heavy atom. The van der Waals surface area contributed by atoms with Crippen molar-refractivity contribution >= 4 is 22.5 Å². The number of ether oxygens (including phenoxy) is 1. The average molecular weight is 319 g/mol. The monoisotopic (exact) mass is 318 g/mol. The van der Waals surface area contributed by atoms with Crippen molar-refractivity contribution in [3.8, 4) is 5.75 Å². The largest absolute Gasteiger partial charge is 0.489 e. The number of halogens is 1. The van der Waals surface area contributed by atoms with Gasteiger partial charge in [0.1, 0.15) is 12.4 Å². The fourth-order valence-corrected chi connectivity index (χ4v) is 3.95. The Hall–Kier alpha value is -1.52. The number of hydrogen-bond donors (Lipinski definition) is 1. The highest BCUT2D eigenvalue weighted by atomic mass is 35.5. The molecule has 4 nitrogen and oxygen atoms in total. The van der Waals surface area contributed by atoms with Crippen LogP contribution in [0.4, 0.5) is 0 Å². The maximum Gasteiger partial charge on any atom is 0.251 e. The van der Waals surface area contributed by atoms with Gasteiger partial charge in [-0.15, -0.1) is 0 Å². The highest BCUT2D eigenvalue weighted by Crippen LogP contribution is 2.33. The van der Waals surface area contributed by atoms with Crippen molar-refractivity contribution in [3.05, 3.63) is 35.4 Å². The van der Waals surface area contributed by atoms with Crippen LogP contribution < -0.4 is 10.1 Å². The van der Waals surface area contributed by atoms with Gasteiger partial charge in [-0.05, 0) is 49.6 Å². The van der Waals surface area contributed by atoms with Gasteiger partial charge in [0.2, 0.25) is 0 Å². The van der Waals surface area contributed by atoms with E-state index >= 15 is 0 Å². The van der Waals surface area contributed by atoms with Crippen molar-refractivity contribution in [2.24, 2.45) is 5.92 Å². The molecule has 1 aromatic rings. The van der Waals surface area contributed by atoms with Crippen molar-refractivity contribution in [1.29, 1.82) is 0 Å². The molecule has 1 aromatic carbocycles. The zero-order valence-corrected chi connectivity index (χ0v) is 13.1. The molecule has 2 fully saturated rings. The lowest BCUT2D eigenvalue weighted by Crippen LogP contribution is -2.47. The number of carbonyl (C=O) groups excluding carboxylic acids is 1. The summed E-state index contributed by atoms with van der Waals surface area (Å²) >= 11 is 6.15. The SMILES string of the molecule is O=C(N[C@@H]1C[C@H]2CCN(C2)C1)c1ccc2c(c1)OCC=C2Cl. The molecule has 1 unspecified atom stereocenters. The zero-order chi connectivity index (χ0) is 15.1. The Bertz CT molecular complexity index is 632. The average Bonchev–Trinajstić information content (AvgIpc) is 2.86. The van der Waals surface area contributed by atoms with E-state index in [-0.39, 0.29) is 11.9 Å². The third-order valence-electron chi connectivity index (χ3n) is 4.80. The number of fused-ring (bicyclic) bond motifs is 3. The molecule has 0 aliphatic carbocycles. The van der Waals surface area contributed by atoms with E-state index in [0.29, 0.717) is 23.0 Å². The van der Waals surface area contributed by atoms with Crippen LogP contribution in [0.25, 0.3) is 5.03 Å². The summed E-state index contributed by atoms with van der Waals surface area (Å²) in [5.74, 6) is 1.41. The molecule has 3 atom stereocenters.